The molecule has 0 amide bonds. The summed E-state index contributed by atoms with van der Waals surface area (Å²) in [5.41, 5.74) is 0.924. The molecule has 0 fully saturated rings. The summed E-state index contributed by atoms with van der Waals surface area (Å²) in [5.74, 6) is 0. The molecule has 2 rings (SSSR count). The predicted octanol–water partition coefficient (Wildman–Crippen LogP) is 1.10. The molecule has 8 nitrogen and oxygen atoms in total. The van der Waals surface area contributed by atoms with E-state index in [9.17, 15) is 16.8 Å². The van der Waals surface area contributed by atoms with Crippen molar-refractivity contribution in [3.05, 3.63) is 29.8 Å². The Morgan fingerprint density at radius 3 is 2.09 bits per heavy atom. The first-order chi connectivity index (χ1) is 10.5. The molecule has 2 N–H and O–H groups in total. The first-order valence-corrected chi connectivity index (χ1v) is 10.3. The van der Waals surface area contributed by atoms with Gasteiger partial charge >= 0.3 is 0 Å². The molecule has 1 aromatic heterocycles. The van der Waals surface area contributed by atoms with E-state index in [0.29, 0.717) is 11.3 Å². The molecular formula is C12H16N4O4S3. The highest BCUT2D eigenvalue weighted by Crippen LogP contribution is 2.30. The standard InChI is InChI=1S/C12H16N4O4S3/c1-8(2)16(11-14-15-12(21-11)22(13,17)18)23(19,20)10-6-4-9(3)5-7-10/h4-8H,1-3H3,(H2,13,17,18). The molecule has 0 aliphatic rings. The first kappa shape index (κ1) is 17.8. The number of rotatable bonds is 5. The van der Waals surface area contributed by atoms with Crippen LogP contribution in [0.15, 0.2) is 33.5 Å². The van der Waals surface area contributed by atoms with Gasteiger partial charge in [-0.15, -0.1) is 10.2 Å². The van der Waals surface area contributed by atoms with Crippen LogP contribution in [0.2, 0.25) is 0 Å². The van der Waals surface area contributed by atoms with Gasteiger partial charge in [-0.2, -0.15) is 0 Å². The van der Waals surface area contributed by atoms with Crippen molar-refractivity contribution >= 4 is 36.5 Å². The fraction of sp³-hybridized carbons (Fsp3) is 0.333. The van der Waals surface area contributed by atoms with Gasteiger partial charge in [-0.3, -0.25) is 0 Å². The molecule has 0 spiro atoms. The van der Waals surface area contributed by atoms with E-state index in [1.54, 1.807) is 26.0 Å². The summed E-state index contributed by atoms with van der Waals surface area (Å²) < 4.78 is 48.9. The Kier molecular flexibility index (Phi) is 4.76. The lowest BCUT2D eigenvalue weighted by molar-refractivity contribution is 0.583. The van der Waals surface area contributed by atoms with E-state index >= 15 is 0 Å². The molecule has 0 aliphatic heterocycles. The number of sulfonamides is 2. The monoisotopic (exact) mass is 376 g/mol. The molecule has 2 aromatic rings. The Bertz CT molecular complexity index is 902. The van der Waals surface area contributed by atoms with Gasteiger partial charge in [0.2, 0.25) is 9.47 Å². The third-order valence-electron chi connectivity index (χ3n) is 2.87. The van der Waals surface area contributed by atoms with E-state index in [1.165, 1.54) is 12.1 Å². The van der Waals surface area contributed by atoms with Crippen LogP contribution in [0.25, 0.3) is 0 Å². The quantitative estimate of drug-likeness (QED) is 0.833. The third kappa shape index (κ3) is 3.68. The lowest BCUT2D eigenvalue weighted by Gasteiger charge is -2.25. The van der Waals surface area contributed by atoms with Crippen LogP contribution in [0.1, 0.15) is 19.4 Å². The molecule has 0 bridgehead atoms. The van der Waals surface area contributed by atoms with Gasteiger partial charge in [0, 0.05) is 6.04 Å². The number of nitrogens with two attached hydrogens (primary N) is 1. The summed E-state index contributed by atoms with van der Waals surface area (Å²) in [4.78, 5) is 0.0872. The number of nitrogens with zero attached hydrogens (tertiary/aromatic N) is 3. The number of primary sulfonamides is 1. The Balaban J connectivity index is 2.54. The van der Waals surface area contributed by atoms with Crippen LogP contribution in [0.4, 0.5) is 5.13 Å². The average Bonchev–Trinajstić information content (AvgIpc) is 2.87. The predicted molar refractivity (Wildman–Crippen MR) is 87.3 cm³/mol. The van der Waals surface area contributed by atoms with Crippen LogP contribution >= 0.6 is 11.3 Å². The summed E-state index contributed by atoms with van der Waals surface area (Å²) in [7, 11) is -7.93. The molecule has 0 saturated carbocycles. The second-order valence-electron chi connectivity index (χ2n) is 5.10. The van der Waals surface area contributed by atoms with E-state index in [-0.39, 0.29) is 10.0 Å². The van der Waals surface area contributed by atoms with Gasteiger partial charge in [0.1, 0.15) is 0 Å². The van der Waals surface area contributed by atoms with Crippen molar-refractivity contribution in [2.75, 3.05) is 4.31 Å². The van der Waals surface area contributed by atoms with Crippen molar-refractivity contribution in [2.45, 2.75) is 36.0 Å². The molecule has 1 heterocycles. The van der Waals surface area contributed by atoms with Gasteiger partial charge in [-0.05, 0) is 32.9 Å². The number of anilines is 1. The number of hydrogen-bond donors (Lipinski definition) is 1. The molecule has 11 heteroatoms. The summed E-state index contributed by atoms with van der Waals surface area (Å²) in [6, 6.07) is 5.86. The van der Waals surface area contributed by atoms with Crippen LogP contribution in [0.5, 0.6) is 0 Å². The van der Waals surface area contributed by atoms with E-state index in [4.69, 9.17) is 5.14 Å². The largest absolute Gasteiger partial charge is 0.267 e. The maximum absolute atomic E-state index is 12.8. The van der Waals surface area contributed by atoms with Crippen molar-refractivity contribution in [1.29, 1.82) is 0 Å². The average molecular weight is 376 g/mol. The van der Waals surface area contributed by atoms with E-state index in [2.05, 4.69) is 10.2 Å². The first-order valence-electron chi connectivity index (χ1n) is 6.51. The molecule has 1 aromatic carbocycles. The van der Waals surface area contributed by atoms with Gasteiger partial charge in [-0.25, -0.2) is 26.3 Å². The zero-order chi connectivity index (χ0) is 17.4. The smallest absolute Gasteiger partial charge is 0.237 e. The van der Waals surface area contributed by atoms with E-state index in [0.717, 1.165) is 9.87 Å². The van der Waals surface area contributed by atoms with Crippen LogP contribution in [-0.2, 0) is 20.0 Å². The third-order valence-corrected chi connectivity index (χ3v) is 7.20. The van der Waals surface area contributed by atoms with E-state index < -0.39 is 30.4 Å². The summed E-state index contributed by atoms with van der Waals surface area (Å²) in [5, 5.41) is 12.1. The molecule has 0 saturated heterocycles. The Morgan fingerprint density at radius 1 is 1.09 bits per heavy atom. The molecule has 0 aliphatic carbocycles. The van der Waals surface area contributed by atoms with Crippen molar-refractivity contribution in [1.82, 2.24) is 10.2 Å². The maximum Gasteiger partial charge on any atom is 0.267 e. The normalized spacial score (nSPS) is 12.6. The summed E-state index contributed by atoms with van der Waals surface area (Å²) >= 11 is 0.613. The van der Waals surface area contributed by atoms with Gasteiger partial charge in [-0.1, -0.05) is 29.0 Å². The minimum absolute atomic E-state index is 0.0513. The maximum atomic E-state index is 12.8. The molecule has 23 heavy (non-hydrogen) atoms. The number of aromatic nitrogens is 2. The van der Waals surface area contributed by atoms with Crippen molar-refractivity contribution in [3.8, 4) is 0 Å². The van der Waals surface area contributed by atoms with Gasteiger partial charge in [0.05, 0.1) is 4.90 Å². The molecule has 0 atom stereocenters. The zero-order valence-electron chi connectivity index (χ0n) is 12.7. The highest BCUT2D eigenvalue weighted by atomic mass is 32.2. The van der Waals surface area contributed by atoms with Gasteiger partial charge in [0.15, 0.2) is 0 Å². The minimum atomic E-state index is -4.03. The highest BCUT2D eigenvalue weighted by molar-refractivity contribution is 7.93. The van der Waals surface area contributed by atoms with Crippen molar-refractivity contribution in [2.24, 2.45) is 5.14 Å². The Hall–Kier alpha value is -1.56. The SMILES string of the molecule is Cc1ccc(S(=O)(=O)N(c2nnc(S(N)(=O)=O)s2)C(C)C)cc1. The second kappa shape index (κ2) is 6.15. The fourth-order valence-corrected chi connectivity index (χ4v) is 5.21. The zero-order valence-corrected chi connectivity index (χ0v) is 15.1. The van der Waals surface area contributed by atoms with Crippen LogP contribution in [0.3, 0.4) is 0 Å². The minimum Gasteiger partial charge on any atom is -0.237 e. The van der Waals surface area contributed by atoms with Crippen LogP contribution < -0.4 is 9.44 Å². The fourth-order valence-electron chi connectivity index (χ4n) is 1.83. The Morgan fingerprint density at radius 2 is 1.65 bits per heavy atom. The van der Waals surface area contributed by atoms with E-state index in [1.807, 2.05) is 6.92 Å². The lowest BCUT2D eigenvalue weighted by atomic mass is 10.2. The number of hydrogen-bond acceptors (Lipinski definition) is 7. The lowest BCUT2D eigenvalue weighted by Crippen LogP contribution is -2.37. The number of aryl methyl sites for hydroxylation is 1. The topological polar surface area (TPSA) is 123 Å². The van der Waals surface area contributed by atoms with Crippen molar-refractivity contribution in [3.63, 3.8) is 0 Å². The Labute approximate surface area is 139 Å². The summed E-state index contributed by atoms with van der Waals surface area (Å²) in [6.45, 7) is 5.16. The van der Waals surface area contributed by atoms with Crippen molar-refractivity contribution < 1.29 is 16.8 Å². The molecule has 0 unspecified atom stereocenters. The van der Waals surface area contributed by atoms with Gasteiger partial charge < -0.3 is 0 Å². The molecular weight excluding hydrogens is 360 g/mol. The number of benzene rings is 1. The molecule has 0 radical (unpaired) electrons. The van der Waals surface area contributed by atoms with Crippen LogP contribution in [0, 0.1) is 6.92 Å². The van der Waals surface area contributed by atoms with Gasteiger partial charge in [0.25, 0.3) is 20.0 Å². The second-order valence-corrected chi connectivity index (χ2v) is 9.61. The highest BCUT2D eigenvalue weighted by Gasteiger charge is 2.31. The molecule has 126 valence electrons. The summed E-state index contributed by atoms with van der Waals surface area (Å²) in [6.07, 6.45) is 0. The van der Waals surface area contributed by atoms with Crippen LogP contribution in [-0.4, -0.2) is 33.1 Å².